The Morgan fingerprint density at radius 2 is 1.89 bits per heavy atom. The summed E-state index contributed by atoms with van der Waals surface area (Å²) in [6, 6.07) is 7.39. The number of rotatable bonds is 2. The molecule has 0 spiro atoms. The van der Waals surface area contributed by atoms with Crippen LogP contribution >= 0.6 is 0 Å². The second-order valence-corrected chi connectivity index (χ2v) is 3.98. The number of amides is 1. The number of anilines is 1. The zero-order valence-electron chi connectivity index (χ0n) is 9.88. The molecule has 2 rings (SSSR count). The number of hydrogen-bond acceptors (Lipinski definition) is 2. The van der Waals surface area contributed by atoms with E-state index in [4.69, 9.17) is 0 Å². The van der Waals surface area contributed by atoms with Crippen molar-refractivity contribution in [1.82, 2.24) is 10.2 Å². The second kappa shape index (κ2) is 4.75. The van der Waals surface area contributed by atoms with Gasteiger partial charge >= 0.3 is 6.18 Å². The van der Waals surface area contributed by atoms with Gasteiger partial charge in [0, 0.05) is 11.6 Å². The van der Waals surface area contributed by atoms with Crippen LogP contribution in [0.1, 0.15) is 21.6 Å². The van der Waals surface area contributed by atoms with Gasteiger partial charge in [0.2, 0.25) is 0 Å². The summed E-state index contributed by atoms with van der Waals surface area (Å²) in [6.07, 6.45) is -4.51. The Morgan fingerprint density at radius 3 is 2.42 bits per heavy atom. The Labute approximate surface area is 106 Å². The van der Waals surface area contributed by atoms with Crippen LogP contribution in [0, 0.1) is 6.92 Å². The molecule has 4 nitrogen and oxygen atoms in total. The van der Waals surface area contributed by atoms with E-state index >= 15 is 0 Å². The highest BCUT2D eigenvalue weighted by molar-refractivity contribution is 6.03. The zero-order valence-corrected chi connectivity index (χ0v) is 9.88. The number of nitrogens with zero attached hydrogens (tertiary/aromatic N) is 1. The molecule has 1 aromatic carbocycles. The van der Waals surface area contributed by atoms with Gasteiger partial charge in [-0.2, -0.15) is 18.3 Å². The predicted octanol–water partition coefficient (Wildman–Crippen LogP) is 2.99. The Morgan fingerprint density at radius 1 is 1.26 bits per heavy atom. The summed E-state index contributed by atoms with van der Waals surface area (Å²) in [5, 5.41) is 7.50. The fourth-order valence-corrected chi connectivity index (χ4v) is 1.42. The average molecular weight is 269 g/mol. The number of carbonyl (C=O) groups excluding carboxylic acids is 1. The molecular weight excluding hydrogens is 259 g/mol. The summed E-state index contributed by atoms with van der Waals surface area (Å²) < 4.78 is 37.0. The third-order valence-corrected chi connectivity index (χ3v) is 2.44. The minimum atomic E-state index is -4.51. The van der Waals surface area contributed by atoms with Crippen molar-refractivity contribution in [1.29, 1.82) is 0 Å². The molecule has 100 valence electrons. The molecule has 1 heterocycles. The van der Waals surface area contributed by atoms with Gasteiger partial charge in [-0.1, -0.05) is 17.7 Å². The van der Waals surface area contributed by atoms with Crippen LogP contribution < -0.4 is 5.32 Å². The van der Waals surface area contributed by atoms with Crippen LogP contribution in [0.15, 0.2) is 30.3 Å². The highest BCUT2D eigenvalue weighted by Crippen LogP contribution is 2.28. The topological polar surface area (TPSA) is 57.8 Å². The Hall–Kier alpha value is -2.31. The van der Waals surface area contributed by atoms with E-state index in [2.05, 4.69) is 10.4 Å². The maximum absolute atomic E-state index is 12.3. The largest absolute Gasteiger partial charge is 0.432 e. The molecule has 0 unspecified atom stereocenters. The molecule has 0 fully saturated rings. The van der Waals surface area contributed by atoms with Gasteiger partial charge in [0.25, 0.3) is 5.91 Å². The van der Waals surface area contributed by atoms with E-state index in [0.29, 0.717) is 5.56 Å². The van der Waals surface area contributed by atoms with Crippen molar-refractivity contribution in [3.8, 4) is 0 Å². The van der Waals surface area contributed by atoms with Crippen LogP contribution in [-0.4, -0.2) is 16.1 Å². The first kappa shape index (κ1) is 13.1. The highest BCUT2D eigenvalue weighted by Gasteiger charge is 2.33. The molecule has 0 saturated heterocycles. The van der Waals surface area contributed by atoms with Crippen LogP contribution in [0.5, 0.6) is 0 Å². The van der Waals surface area contributed by atoms with Crippen molar-refractivity contribution < 1.29 is 18.0 Å². The SMILES string of the molecule is Cc1ccc(C(=O)Nc2cc(C(F)(F)F)[nH]n2)cc1. The van der Waals surface area contributed by atoms with E-state index in [1.54, 1.807) is 24.3 Å². The summed E-state index contributed by atoms with van der Waals surface area (Å²) in [6.45, 7) is 1.87. The molecule has 1 aromatic heterocycles. The van der Waals surface area contributed by atoms with Crippen LogP contribution in [0.4, 0.5) is 19.0 Å². The number of aryl methyl sites for hydroxylation is 1. The standard InChI is InChI=1S/C12H10F3N3O/c1-7-2-4-8(5-3-7)11(19)16-10-6-9(17-18-10)12(13,14)15/h2-6H,1H3,(H2,16,17,18,19). The van der Waals surface area contributed by atoms with Crippen molar-refractivity contribution >= 4 is 11.7 Å². The summed E-state index contributed by atoms with van der Waals surface area (Å²) in [7, 11) is 0. The molecule has 0 aliphatic rings. The summed E-state index contributed by atoms with van der Waals surface area (Å²) in [4.78, 5) is 11.7. The quantitative estimate of drug-likeness (QED) is 0.880. The monoisotopic (exact) mass is 269 g/mol. The van der Waals surface area contributed by atoms with Gasteiger partial charge in [0.15, 0.2) is 5.82 Å². The molecule has 19 heavy (non-hydrogen) atoms. The number of carbonyl (C=O) groups is 1. The molecule has 2 N–H and O–H groups in total. The molecule has 1 amide bonds. The van der Waals surface area contributed by atoms with E-state index in [9.17, 15) is 18.0 Å². The first-order valence-electron chi connectivity index (χ1n) is 5.37. The average Bonchev–Trinajstić information content (AvgIpc) is 2.78. The second-order valence-electron chi connectivity index (χ2n) is 3.98. The number of benzene rings is 1. The molecule has 0 aliphatic carbocycles. The Balaban J connectivity index is 2.11. The van der Waals surface area contributed by atoms with Gasteiger partial charge in [-0.3, -0.25) is 9.89 Å². The molecular formula is C12H10F3N3O. The molecule has 0 radical (unpaired) electrons. The summed E-state index contributed by atoms with van der Waals surface area (Å²) in [5.74, 6) is -0.682. The van der Waals surface area contributed by atoms with E-state index in [1.165, 1.54) is 0 Å². The molecule has 2 aromatic rings. The lowest BCUT2D eigenvalue weighted by Gasteiger charge is -2.02. The summed E-state index contributed by atoms with van der Waals surface area (Å²) >= 11 is 0. The van der Waals surface area contributed by atoms with Crippen LogP contribution in [0.3, 0.4) is 0 Å². The van der Waals surface area contributed by atoms with Gasteiger partial charge in [-0.25, -0.2) is 0 Å². The van der Waals surface area contributed by atoms with Crippen molar-refractivity contribution in [2.24, 2.45) is 0 Å². The lowest BCUT2D eigenvalue weighted by atomic mass is 10.1. The molecule has 0 atom stereocenters. The summed E-state index contributed by atoms with van der Waals surface area (Å²) in [5.41, 5.74) is 0.324. The van der Waals surface area contributed by atoms with E-state index in [0.717, 1.165) is 11.6 Å². The minimum absolute atomic E-state index is 0.169. The lowest BCUT2D eigenvalue weighted by molar-refractivity contribution is -0.141. The third kappa shape index (κ3) is 3.12. The maximum Gasteiger partial charge on any atom is 0.432 e. The van der Waals surface area contributed by atoms with Crippen LogP contribution in [0.25, 0.3) is 0 Å². The number of H-pyrrole nitrogens is 1. The first-order valence-corrected chi connectivity index (χ1v) is 5.37. The van der Waals surface area contributed by atoms with E-state index in [1.807, 2.05) is 12.0 Å². The van der Waals surface area contributed by atoms with Crippen molar-refractivity contribution in [3.63, 3.8) is 0 Å². The lowest BCUT2D eigenvalue weighted by Crippen LogP contribution is -2.12. The molecule has 0 aliphatic heterocycles. The first-order chi connectivity index (χ1) is 8.86. The van der Waals surface area contributed by atoms with E-state index < -0.39 is 17.8 Å². The maximum atomic E-state index is 12.3. The van der Waals surface area contributed by atoms with Gasteiger partial charge in [-0.15, -0.1) is 0 Å². The third-order valence-electron chi connectivity index (χ3n) is 2.44. The van der Waals surface area contributed by atoms with Crippen LogP contribution in [-0.2, 0) is 6.18 Å². The molecule has 7 heteroatoms. The van der Waals surface area contributed by atoms with Gasteiger partial charge in [0.05, 0.1) is 0 Å². The normalized spacial score (nSPS) is 11.4. The van der Waals surface area contributed by atoms with Gasteiger partial charge in [-0.05, 0) is 19.1 Å². The molecule has 0 bridgehead atoms. The number of aromatic nitrogens is 2. The number of nitrogens with one attached hydrogen (secondary N) is 2. The number of alkyl halides is 3. The van der Waals surface area contributed by atoms with Gasteiger partial charge < -0.3 is 5.32 Å². The predicted molar refractivity (Wildman–Crippen MR) is 62.7 cm³/mol. The molecule has 0 saturated carbocycles. The van der Waals surface area contributed by atoms with Crippen LogP contribution in [0.2, 0.25) is 0 Å². The van der Waals surface area contributed by atoms with Crippen molar-refractivity contribution in [2.45, 2.75) is 13.1 Å². The van der Waals surface area contributed by atoms with Crippen molar-refractivity contribution in [2.75, 3.05) is 5.32 Å². The Bertz CT molecular complexity index is 587. The fourth-order valence-electron chi connectivity index (χ4n) is 1.42. The Kier molecular flexibility index (Phi) is 3.28. The number of hydrogen-bond donors (Lipinski definition) is 2. The smallest absolute Gasteiger partial charge is 0.305 e. The number of aromatic amines is 1. The van der Waals surface area contributed by atoms with E-state index in [-0.39, 0.29) is 5.82 Å². The van der Waals surface area contributed by atoms with Gasteiger partial charge in [0.1, 0.15) is 5.69 Å². The van der Waals surface area contributed by atoms with Crippen molar-refractivity contribution in [3.05, 3.63) is 47.2 Å². The zero-order chi connectivity index (χ0) is 14.0. The number of halogens is 3. The minimum Gasteiger partial charge on any atom is -0.305 e. The fraction of sp³-hybridized carbons (Fsp3) is 0.167. The highest BCUT2D eigenvalue weighted by atomic mass is 19.4.